The molecular weight excluding hydrogens is 582 g/mol. The number of methoxy groups -OCH3 is 2. The number of halogens is 1. The summed E-state index contributed by atoms with van der Waals surface area (Å²) in [6.45, 7) is 5.64. The van der Waals surface area contributed by atoms with E-state index < -0.39 is 10.0 Å². The molecule has 0 fully saturated rings. The van der Waals surface area contributed by atoms with Gasteiger partial charge in [-0.25, -0.2) is 13.4 Å². The molecule has 1 aromatic heterocycles. The van der Waals surface area contributed by atoms with Crippen molar-refractivity contribution in [2.75, 3.05) is 32.2 Å². The van der Waals surface area contributed by atoms with Gasteiger partial charge in [0.15, 0.2) is 11.6 Å². The van der Waals surface area contributed by atoms with Crippen LogP contribution in [0.1, 0.15) is 26.3 Å². The summed E-state index contributed by atoms with van der Waals surface area (Å²) in [5, 5.41) is 9.69. The molecule has 0 aliphatic carbocycles. The van der Waals surface area contributed by atoms with E-state index in [1.54, 1.807) is 55.6 Å². The van der Waals surface area contributed by atoms with Gasteiger partial charge in [0.25, 0.3) is 15.9 Å². The van der Waals surface area contributed by atoms with Crippen LogP contribution in [0.2, 0.25) is 5.02 Å². The lowest BCUT2D eigenvalue weighted by Gasteiger charge is -2.20. The fraction of sp³-hybridized carbons (Fsp3) is 0.267. The molecule has 0 radical (unpaired) electrons. The van der Waals surface area contributed by atoms with Crippen LogP contribution in [0.25, 0.3) is 11.4 Å². The predicted octanol–water partition coefficient (Wildman–Crippen LogP) is 6.08. The van der Waals surface area contributed by atoms with E-state index in [1.807, 2.05) is 20.8 Å². The third-order valence-corrected chi connectivity index (χ3v) is 7.79. The molecule has 222 valence electrons. The van der Waals surface area contributed by atoms with E-state index in [4.69, 9.17) is 30.5 Å². The third-order valence-electron chi connectivity index (χ3n) is 6.12. The quantitative estimate of drug-likeness (QED) is 0.207. The number of anilines is 1. The van der Waals surface area contributed by atoms with E-state index in [2.05, 4.69) is 14.7 Å². The van der Waals surface area contributed by atoms with Gasteiger partial charge in [0.2, 0.25) is 5.75 Å². The van der Waals surface area contributed by atoms with Gasteiger partial charge >= 0.3 is 0 Å². The second kappa shape index (κ2) is 12.8. The fourth-order valence-corrected chi connectivity index (χ4v) is 4.98. The number of sulfonamides is 1. The van der Waals surface area contributed by atoms with Crippen LogP contribution >= 0.6 is 11.6 Å². The molecule has 0 amide bonds. The predicted molar refractivity (Wildman–Crippen MR) is 161 cm³/mol. The van der Waals surface area contributed by atoms with E-state index in [0.717, 1.165) is 5.56 Å². The monoisotopic (exact) mass is 613 g/mol. The number of aliphatic hydroxyl groups excluding tert-OH is 1. The molecule has 0 aliphatic rings. The van der Waals surface area contributed by atoms with Crippen molar-refractivity contribution in [2.45, 2.75) is 31.1 Å². The number of aliphatic hydroxyl groups is 1. The average molecular weight is 614 g/mol. The van der Waals surface area contributed by atoms with Crippen molar-refractivity contribution in [3.63, 3.8) is 0 Å². The highest BCUT2D eigenvalue weighted by molar-refractivity contribution is 7.92. The Labute approximate surface area is 250 Å². The summed E-state index contributed by atoms with van der Waals surface area (Å²) in [6, 6.07) is 18.2. The van der Waals surface area contributed by atoms with Crippen LogP contribution in [-0.4, -0.2) is 50.9 Å². The number of aromatic nitrogens is 2. The zero-order valence-corrected chi connectivity index (χ0v) is 25.4. The van der Waals surface area contributed by atoms with Crippen LogP contribution in [0.5, 0.6) is 28.9 Å². The van der Waals surface area contributed by atoms with Gasteiger partial charge in [0.1, 0.15) is 23.9 Å². The van der Waals surface area contributed by atoms with Gasteiger partial charge in [-0.2, -0.15) is 4.98 Å². The van der Waals surface area contributed by atoms with Crippen molar-refractivity contribution in [2.24, 2.45) is 0 Å². The normalized spacial score (nSPS) is 11.6. The van der Waals surface area contributed by atoms with Gasteiger partial charge in [0.05, 0.1) is 30.7 Å². The Hall–Kier alpha value is -4.06. The molecule has 0 saturated heterocycles. The Kier molecular flexibility index (Phi) is 9.45. The Morgan fingerprint density at radius 1 is 0.905 bits per heavy atom. The van der Waals surface area contributed by atoms with Gasteiger partial charge in [0, 0.05) is 11.6 Å². The molecule has 0 spiro atoms. The molecule has 0 aliphatic heterocycles. The second-order valence-electron chi connectivity index (χ2n) is 10.1. The largest absolute Gasteiger partial charge is 0.497 e. The van der Waals surface area contributed by atoms with E-state index in [1.165, 1.54) is 25.3 Å². The minimum atomic E-state index is -4.16. The van der Waals surface area contributed by atoms with Gasteiger partial charge < -0.3 is 24.1 Å². The van der Waals surface area contributed by atoms with Gasteiger partial charge in [-0.1, -0.05) is 44.5 Å². The summed E-state index contributed by atoms with van der Waals surface area (Å²) in [5.41, 5.74) is 1.36. The smallest absolute Gasteiger partial charge is 0.263 e. The first kappa shape index (κ1) is 30.9. The molecule has 4 aromatic rings. The molecule has 0 bridgehead atoms. The topological polar surface area (TPSA) is 129 Å². The SMILES string of the molecule is COc1ccc(-c2nc(NS(=O)(=O)c3ccc(C(C)(C)C)cc3)c(Oc3cc(OC)ccc3Cl)c(OCCO)n2)cc1. The molecule has 0 unspecified atom stereocenters. The Bertz CT molecular complexity index is 1640. The number of rotatable bonds is 11. The third kappa shape index (κ3) is 7.22. The van der Waals surface area contributed by atoms with Gasteiger partial charge in [-0.05, 0) is 59.5 Å². The second-order valence-corrected chi connectivity index (χ2v) is 12.2. The molecular formula is C30H32ClN3O7S. The lowest BCUT2D eigenvalue weighted by Crippen LogP contribution is -2.17. The molecule has 42 heavy (non-hydrogen) atoms. The zero-order valence-electron chi connectivity index (χ0n) is 23.8. The number of hydrogen-bond donors (Lipinski definition) is 2. The molecule has 4 rings (SSSR count). The van der Waals surface area contributed by atoms with Crippen molar-refractivity contribution in [3.05, 3.63) is 77.3 Å². The van der Waals surface area contributed by atoms with E-state index in [-0.39, 0.29) is 57.6 Å². The molecule has 0 saturated carbocycles. The van der Waals surface area contributed by atoms with Crippen LogP contribution < -0.4 is 23.7 Å². The molecule has 0 atom stereocenters. The summed E-state index contributed by atoms with van der Waals surface area (Å²) in [5.74, 6) is 0.848. The fourth-order valence-electron chi connectivity index (χ4n) is 3.82. The van der Waals surface area contributed by atoms with Crippen molar-refractivity contribution >= 4 is 27.4 Å². The molecule has 2 N–H and O–H groups in total. The average Bonchev–Trinajstić information content (AvgIpc) is 2.97. The molecule has 10 nitrogen and oxygen atoms in total. The van der Waals surface area contributed by atoms with Crippen LogP contribution in [0, 0.1) is 0 Å². The van der Waals surface area contributed by atoms with Crippen LogP contribution in [-0.2, 0) is 15.4 Å². The summed E-state index contributed by atoms with van der Waals surface area (Å²) in [7, 11) is -1.13. The Balaban J connectivity index is 1.87. The van der Waals surface area contributed by atoms with Crippen LogP contribution in [0.4, 0.5) is 5.82 Å². The molecule has 1 heterocycles. The highest BCUT2D eigenvalue weighted by atomic mass is 35.5. The summed E-state index contributed by atoms with van der Waals surface area (Å²) in [6.07, 6.45) is 0. The lowest BCUT2D eigenvalue weighted by atomic mass is 9.87. The maximum Gasteiger partial charge on any atom is 0.263 e. The highest BCUT2D eigenvalue weighted by Crippen LogP contribution is 2.42. The maximum atomic E-state index is 13.6. The van der Waals surface area contributed by atoms with E-state index in [9.17, 15) is 13.5 Å². The lowest BCUT2D eigenvalue weighted by molar-refractivity contribution is 0.193. The molecule has 3 aromatic carbocycles. The van der Waals surface area contributed by atoms with E-state index in [0.29, 0.717) is 17.1 Å². The van der Waals surface area contributed by atoms with Crippen molar-refractivity contribution < 1.29 is 32.5 Å². The Morgan fingerprint density at radius 3 is 2.14 bits per heavy atom. The summed E-state index contributed by atoms with van der Waals surface area (Å²) in [4.78, 5) is 9.02. The van der Waals surface area contributed by atoms with Crippen molar-refractivity contribution in [3.8, 4) is 40.3 Å². The van der Waals surface area contributed by atoms with Crippen LogP contribution in [0.3, 0.4) is 0 Å². The van der Waals surface area contributed by atoms with Crippen molar-refractivity contribution in [1.29, 1.82) is 0 Å². The minimum absolute atomic E-state index is 0.0169. The number of nitrogens with zero attached hydrogens (tertiary/aromatic N) is 2. The number of hydrogen-bond acceptors (Lipinski definition) is 9. The maximum absolute atomic E-state index is 13.6. The first-order valence-corrected chi connectivity index (χ1v) is 14.8. The van der Waals surface area contributed by atoms with Crippen LogP contribution in [0.15, 0.2) is 71.6 Å². The standard InChI is InChI=1S/C30H32ClN3O7S/c1-30(2,3)20-8-13-23(14-9-20)42(36,37)34-28-26(41-25-18-22(39-5)12-15-24(25)31)29(40-17-16-35)33-27(32-28)19-6-10-21(38-4)11-7-19/h6-15,18,35H,16-17H2,1-5H3,(H,32,33,34). The minimum Gasteiger partial charge on any atom is -0.497 e. The van der Waals surface area contributed by atoms with Gasteiger partial charge in [-0.3, -0.25) is 4.72 Å². The number of benzene rings is 3. The van der Waals surface area contributed by atoms with Crippen molar-refractivity contribution in [1.82, 2.24) is 9.97 Å². The molecule has 12 heteroatoms. The first-order valence-electron chi connectivity index (χ1n) is 12.9. The Morgan fingerprint density at radius 2 is 1.55 bits per heavy atom. The summed E-state index contributed by atoms with van der Waals surface area (Å²) < 4.78 is 52.1. The van der Waals surface area contributed by atoms with E-state index >= 15 is 0 Å². The number of nitrogens with one attached hydrogen (secondary N) is 1. The number of ether oxygens (including phenoxy) is 4. The first-order chi connectivity index (χ1) is 19.9. The van der Waals surface area contributed by atoms with Gasteiger partial charge in [-0.15, -0.1) is 0 Å². The highest BCUT2D eigenvalue weighted by Gasteiger charge is 2.26. The summed E-state index contributed by atoms with van der Waals surface area (Å²) >= 11 is 6.40. The zero-order chi connectivity index (χ0) is 30.5.